The molecular formula is C26H25ClN2O6. The summed E-state index contributed by atoms with van der Waals surface area (Å²) in [5, 5.41) is 4.32. The summed E-state index contributed by atoms with van der Waals surface area (Å²) in [5.41, 5.74) is 3.36. The fraction of sp³-hybridized carbons (Fsp3) is 0.192. The van der Waals surface area contributed by atoms with Gasteiger partial charge in [-0.25, -0.2) is 10.2 Å². The largest absolute Gasteiger partial charge is 0.494 e. The summed E-state index contributed by atoms with van der Waals surface area (Å²) in [6.07, 6.45) is 2.32. The van der Waals surface area contributed by atoms with Crippen LogP contribution in [0.5, 0.6) is 23.0 Å². The average molecular weight is 497 g/mol. The zero-order valence-corrected chi connectivity index (χ0v) is 20.1. The van der Waals surface area contributed by atoms with Gasteiger partial charge in [-0.1, -0.05) is 30.7 Å². The summed E-state index contributed by atoms with van der Waals surface area (Å²) >= 11 is 5.99. The molecule has 0 saturated carbocycles. The standard InChI is InChI=1S/C26H25ClN2O6/c1-3-14-33-20-11-9-19(10-12-20)26(31)35-23-13-8-18(15-24(23)32-2)16-28-29-25(30)17-34-22-7-5-4-6-21(22)27/h4-13,15-16H,3,14,17H2,1-2H3,(H,29,30)/b28-16-. The maximum Gasteiger partial charge on any atom is 0.343 e. The summed E-state index contributed by atoms with van der Waals surface area (Å²) in [5.74, 6) is 0.690. The van der Waals surface area contributed by atoms with Crippen LogP contribution in [0.1, 0.15) is 29.3 Å². The molecule has 3 aromatic rings. The summed E-state index contributed by atoms with van der Waals surface area (Å²) in [6, 6.07) is 18.4. The number of methoxy groups -OCH3 is 1. The van der Waals surface area contributed by atoms with E-state index in [2.05, 4.69) is 10.5 Å². The topological polar surface area (TPSA) is 95.5 Å². The molecule has 8 nitrogen and oxygen atoms in total. The quantitative estimate of drug-likeness (QED) is 0.176. The number of amides is 1. The first-order valence-electron chi connectivity index (χ1n) is 10.8. The molecule has 182 valence electrons. The summed E-state index contributed by atoms with van der Waals surface area (Å²) in [7, 11) is 1.46. The Labute approximate surface area is 208 Å². The van der Waals surface area contributed by atoms with E-state index in [1.807, 2.05) is 6.92 Å². The predicted octanol–water partition coefficient (Wildman–Crippen LogP) is 4.89. The fourth-order valence-electron chi connectivity index (χ4n) is 2.83. The van der Waals surface area contributed by atoms with Gasteiger partial charge in [0.15, 0.2) is 18.1 Å². The molecule has 0 fully saturated rings. The smallest absolute Gasteiger partial charge is 0.343 e. The minimum atomic E-state index is -0.530. The lowest BCUT2D eigenvalue weighted by Gasteiger charge is -2.10. The van der Waals surface area contributed by atoms with Crippen LogP contribution in [0.25, 0.3) is 0 Å². The minimum Gasteiger partial charge on any atom is -0.494 e. The van der Waals surface area contributed by atoms with Crippen molar-refractivity contribution in [1.82, 2.24) is 5.43 Å². The molecule has 0 aromatic heterocycles. The Morgan fingerprint density at radius 3 is 2.46 bits per heavy atom. The van der Waals surface area contributed by atoms with E-state index in [4.69, 9.17) is 30.5 Å². The third-order valence-electron chi connectivity index (χ3n) is 4.55. The third kappa shape index (κ3) is 7.75. The minimum absolute atomic E-state index is 0.245. The first-order valence-corrected chi connectivity index (χ1v) is 11.2. The molecular weight excluding hydrogens is 472 g/mol. The van der Waals surface area contributed by atoms with Gasteiger partial charge in [-0.2, -0.15) is 5.10 Å². The van der Waals surface area contributed by atoms with E-state index >= 15 is 0 Å². The van der Waals surface area contributed by atoms with Crippen molar-refractivity contribution in [2.75, 3.05) is 20.3 Å². The third-order valence-corrected chi connectivity index (χ3v) is 4.86. The summed E-state index contributed by atoms with van der Waals surface area (Å²) in [4.78, 5) is 24.5. The highest BCUT2D eigenvalue weighted by atomic mass is 35.5. The first kappa shape index (κ1) is 25.6. The van der Waals surface area contributed by atoms with Gasteiger partial charge in [-0.3, -0.25) is 4.79 Å². The van der Waals surface area contributed by atoms with Crippen molar-refractivity contribution in [2.24, 2.45) is 5.10 Å². The van der Waals surface area contributed by atoms with Crippen molar-refractivity contribution < 1.29 is 28.5 Å². The van der Waals surface area contributed by atoms with Gasteiger partial charge in [0.05, 0.1) is 30.5 Å². The zero-order valence-electron chi connectivity index (χ0n) is 19.3. The second-order valence-electron chi connectivity index (χ2n) is 7.18. The number of carbonyl (C=O) groups excluding carboxylic acids is 2. The molecule has 35 heavy (non-hydrogen) atoms. The number of nitrogens with one attached hydrogen (secondary N) is 1. The van der Waals surface area contributed by atoms with E-state index in [1.165, 1.54) is 13.3 Å². The Kier molecular flexibility index (Phi) is 9.50. The first-order chi connectivity index (χ1) is 17.0. The van der Waals surface area contributed by atoms with Crippen molar-refractivity contribution in [1.29, 1.82) is 0 Å². The zero-order chi connectivity index (χ0) is 25.0. The van der Waals surface area contributed by atoms with Gasteiger partial charge < -0.3 is 18.9 Å². The lowest BCUT2D eigenvalue weighted by Crippen LogP contribution is -2.24. The summed E-state index contributed by atoms with van der Waals surface area (Å²) < 4.78 is 21.7. The van der Waals surface area contributed by atoms with Crippen molar-refractivity contribution in [2.45, 2.75) is 13.3 Å². The molecule has 0 aliphatic rings. The van der Waals surface area contributed by atoms with Crippen LogP contribution < -0.4 is 24.4 Å². The molecule has 0 unspecified atom stereocenters. The van der Waals surface area contributed by atoms with Crippen LogP contribution in [0, 0.1) is 0 Å². The second kappa shape index (κ2) is 13.0. The van der Waals surface area contributed by atoms with Gasteiger partial charge in [0, 0.05) is 0 Å². The molecule has 0 spiro atoms. The normalized spacial score (nSPS) is 10.6. The number of carbonyl (C=O) groups is 2. The van der Waals surface area contributed by atoms with Gasteiger partial charge >= 0.3 is 5.97 Å². The van der Waals surface area contributed by atoms with E-state index in [0.29, 0.717) is 40.0 Å². The Morgan fingerprint density at radius 1 is 0.971 bits per heavy atom. The molecule has 0 saturated heterocycles. The van der Waals surface area contributed by atoms with E-state index < -0.39 is 11.9 Å². The van der Waals surface area contributed by atoms with E-state index in [9.17, 15) is 9.59 Å². The lowest BCUT2D eigenvalue weighted by molar-refractivity contribution is -0.123. The number of benzene rings is 3. The van der Waals surface area contributed by atoms with Gasteiger partial charge in [-0.15, -0.1) is 0 Å². The van der Waals surface area contributed by atoms with E-state index in [0.717, 1.165) is 6.42 Å². The molecule has 3 rings (SSSR count). The molecule has 0 radical (unpaired) electrons. The Balaban J connectivity index is 1.55. The highest BCUT2D eigenvalue weighted by Crippen LogP contribution is 2.28. The van der Waals surface area contributed by atoms with Crippen LogP contribution in [0.2, 0.25) is 5.02 Å². The SMILES string of the molecule is CCCOc1ccc(C(=O)Oc2ccc(/C=N\NC(=O)COc3ccccc3Cl)cc2OC)cc1. The Hall–Kier alpha value is -4.04. The number of ether oxygens (including phenoxy) is 4. The molecule has 0 aliphatic heterocycles. The number of hydrogen-bond acceptors (Lipinski definition) is 7. The van der Waals surface area contributed by atoms with Gasteiger partial charge in [0.1, 0.15) is 11.5 Å². The highest BCUT2D eigenvalue weighted by Gasteiger charge is 2.13. The fourth-order valence-corrected chi connectivity index (χ4v) is 3.02. The van der Waals surface area contributed by atoms with Gasteiger partial charge in [0.2, 0.25) is 0 Å². The molecule has 0 bridgehead atoms. The van der Waals surface area contributed by atoms with Gasteiger partial charge in [-0.05, 0) is 66.6 Å². The maximum atomic E-state index is 12.5. The number of rotatable bonds is 11. The van der Waals surface area contributed by atoms with Crippen LogP contribution >= 0.6 is 11.6 Å². The molecule has 3 aromatic carbocycles. The van der Waals surface area contributed by atoms with E-state index in [1.54, 1.807) is 66.7 Å². The van der Waals surface area contributed by atoms with Crippen LogP contribution in [-0.4, -0.2) is 38.4 Å². The van der Waals surface area contributed by atoms with Crippen molar-refractivity contribution >= 4 is 29.7 Å². The van der Waals surface area contributed by atoms with Crippen molar-refractivity contribution in [3.63, 3.8) is 0 Å². The number of para-hydroxylation sites is 1. The number of esters is 1. The molecule has 9 heteroatoms. The number of nitrogens with zero attached hydrogens (tertiary/aromatic N) is 1. The summed E-state index contributed by atoms with van der Waals surface area (Å²) in [6.45, 7) is 2.38. The number of hydrazone groups is 1. The molecule has 1 amide bonds. The van der Waals surface area contributed by atoms with Crippen molar-refractivity contribution in [3.8, 4) is 23.0 Å². The lowest BCUT2D eigenvalue weighted by atomic mass is 10.2. The molecule has 0 heterocycles. The predicted molar refractivity (Wildman–Crippen MR) is 133 cm³/mol. The average Bonchev–Trinajstić information content (AvgIpc) is 2.88. The maximum absolute atomic E-state index is 12.5. The van der Waals surface area contributed by atoms with Gasteiger partial charge in [0.25, 0.3) is 5.91 Å². The Bertz CT molecular complexity index is 1180. The van der Waals surface area contributed by atoms with E-state index in [-0.39, 0.29) is 12.4 Å². The molecule has 0 atom stereocenters. The highest BCUT2D eigenvalue weighted by molar-refractivity contribution is 6.32. The second-order valence-corrected chi connectivity index (χ2v) is 7.59. The van der Waals surface area contributed by atoms with Crippen LogP contribution in [0.4, 0.5) is 0 Å². The molecule has 1 N–H and O–H groups in total. The van der Waals surface area contributed by atoms with Crippen molar-refractivity contribution in [3.05, 3.63) is 82.9 Å². The molecule has 0 aliphatic carbocycles. The monoisotopic (exact) mass is 496 g/mol. The number of hydrogen-bond donors (Lipinski definition) is 1. The Morgan fingerprint density at radius 2 is 1.74 bits per heavy atom. The van der Waals surface area contributed by atoms with Crippen LogP contribution in [0.3, 0.4) is 0 Å². The van der Waals surface area contributed by atoms with Crippen LogP contribution in [-0.2, 0) is 4.79 Å². The number of halogens is 1. The van der Waals surface area contributed by atoms with Crippen LogP contribution in [0.15, 0.2) is 71.8 Å².